The highest BCUT2D eigenvalue weighted by Gasteiger charge is 2.24. The Bertz CT molecular complexity index is 1780. The maximum Gasteiger partial charge on any atom is 0.343 e. The van der Waals surface area contributed by atoms with Gasteiger partial charge in [0, 0.05) is 44.7 Å². The highest BCUT2D eigenvalue weighted by molar-refractivity contribution is 8.05. The molecule has 6 heteroatoms. The topological polar surface area (TPSA) is 26.3 Å². The Hall–Kier alpha value is -3.29. The molecule has 0 bridgehead atoms. The SMILES string of the molecule is C=C(C(=O)Oc1ccc(-c2cccc3c2Sc2ccccc2S3)cc1)c1cccc2c1Sc1ccccc1S2. The van der Waals surface area contributed by atoms with Crippen LogP contribution in [-0.2, 0) is 4.79 Å². The lowest BCUT2D eigenvalue weighted by atomic mass is 10.1. The molecule has 0 radical (unpaired) electrons. The second-order valence-electron chi connectivity index (χ2n) is 8.96. The number of rotatable bonds is 4. The normalized spacial score (nSPS) is 12.9. The van der Waals surface area contributed by atoms with Crippen LogP contribution in [0.25, 0.3) is 16.7 Å². The van der Waals surface area contributed by atoms with Gasteiger partial charge in [-0.05, 0) is 59.7 Å². The van der Waals surface area contributed by atoms with Gasteiger partial charge in [-0.25, -0.2) is 4.79 Å². The molecule has 188 valence electrons. The minimum Gasteiger partial charge on any atom is -0.423 e. The molecule has 0 spiro atoms. The number of fused-ring (bicyclic) bond motifs is 4. The van der Waals surface area contributed by atoms with E-state index >= 15 is 0 Å². The van der Waals surface area contributed by atoms with Crippen LogP contribution in [0.3, 0.4) is 0 Å². The lowest BCUT2D eigenvalue weighted by Crippen LogP contribution is -2.10. The third-order valence-corrected chi connectivity index (χ3v) is 11.7. The molecule has 0 fully saturated rings. The fourth-order valence-corrected chi connectivity index (χ4v) is 9.35. The summed E-state index contributed by atoms with van der Waals surface area (Å²) in [6, 6.07) is 37.0. The van der Waals surface area contributed by atoms with E-state index in [0.29, 0.717) is 11.3 Å². The van der Waals surface area contributed by atoms with Gasteiger partial charge in [0.15, 0.2) is 0 Å². The molecule has 2 aliphatic rings. The van der Waals surface area contributed by atoms with Crippen molar-refractivity contribution in [1.82, 2.24) is 0 Å². The van der Waals surface area contributed by atoms with Crippen LogP contribution in [-0.4, -0.2) is 5.97 Å². The number of hydrogen-bond donors (Lipinski definition) is 0. The summed E-state index contributed by atoms with van der Waals surface area (Å²) in [6.45, 7) is 4.11. The Morgan fingerprint density at radius 3 is 1.69 bits per heavy atom. The van der Waals surface area contributed by atoms with Crippen molar-refractivity contribution in [3.05, 3.63) is 121 Å². The van der Waals surface area contributed by atoms with Crippen LogP contribution in [0, 0.1) is 0 Å². The second-order valence-corrected chi connectivity index (χ2v) is 13.2. The van der Waals surface area contributed by atoms with Crippen LogP contribution >= 0.6 is 47.0 Å². The molecule has 0 atom stereocenters. The molecular weight excluding hydrogens is 557 g/mol. The molecule has 0 aliphatic carbocycles. The van der Waals surface area contributed by atoms with E-state index in [1.165, 1.54) is 34.9 Å². The summed E-state index contributed by atoms with van der Waals surface area (Å²) in [5.74, 6) is 0.0560. The highest BCUT2D eigenvalue weighted by Crippen LogP contribution is 2.52. The molecule has 2 aliphatic heterocycles. The summed E-state index contributed by atoms with van der Waals surface area (Å²) >= 11 is 7.01. The Kier molecular flexibility index (Phi) is 6.57. The maximum atomic E-state index is 13.2. The van der Waals surface area contributed by atoms with Gasteiger partial charge in [0.2, 0.25) is 0 Å². The number of hydrogen-bond acceptors (Lipinski definition) is 6. The lowest BCUT2D eigenvalue weighted by Gasteiger charge is -2.21. The molecule has 0 N–H and O–H groups in total. The van der Waals surface area contributed by atoms with Crippen molar-refractivity contribution in [3.63, 3.8) is 0 Å². The van der Waals surface area contributed by atoms with Crippen LogP contribution in [0.5, 0.6) is 5.75 Å². The van der Waals surface area contributed by atoms with Crippen molar-refractivity contribution >= 4 is 58.6 Å². The van der Waals surface area contributed by atoms with Gasteiger partial charge < -0.3 is 4.74 Å². The zero-order valence-electron chi connectivity index (χ0n) is 20.5. The van der Waals surface area contributed by atoms with Gasteiger partial charge in [0.05, 0.1) is 5.57 Å². The number of carbonyl (C=O) groups is 1. The van der Waals surface area contributed by atoms with E-state index < -0.39 is 5.97 Å². The lowest BCUT2D eigenvalue weighted by molar-refractivity contribution is -0.127. The van der Waals surface area contributed by atoms with Crippen molar-refractivity contribution in [2.45, 2.75) is 39.2 Å². The predicted molar refractivity (Wildman–Crippen MR) is 162 cm³/mol. The van der Waals surface area contributed by atoms with Gasteiger partial charge in [0.1, 0.15) is 5.75 Å². The van der Waals surface area contributed by atoms with Crippen LogP contribution in [0.1, 0.15) is 5.56 Å². The smallest absolute Gasteiger partial charge is 0.343 e. The molecule has 0 unspecified atom stereocenters. The van der Waals surface area contributed by atoms with E-state index in [-0.39, 0.29) is 0 Å². The van der Waals surface area contributed by atoms with Crippen molar-refractivity contribution in [1.29, 1.82) is 0 Å². The van der Waals surface area contributed by atoms with Crippen LogP contribution in [0.2, 0.25) is 0 Å². The molecule has 5 aromatic rings. The Labute approximate surface area is 244 Å². The summed E-state index contributed by atoms with van der Waals surface area (Å²) in [4.78, 5) is 22.8. The monoisotopic (exact) mass is 576 g/mol. The number of esters is 1. The number of carbonyl (C=O) groups excluding carboxylic acids is 1. The zero-order chi connectivity index (χ0) is 26.3. The van der Waals surface area contributed by atoms with Crippen molar-refractivity contribution in [2.24, 2.45) is 0 Å². The third kappa shape index (κ3) is 4.72. The van der Waals surface area contributed by atoms with Crippen molar-refractivity contribution < 1.29 is 9.53 Å². The van der Waals surface area contributed by atoms with Crippen molar-refractivity contribution in [3.8, 4) is 16.9 Å². The van der Waals surface area contributed by atoms with Gasteiger partial charge in [-0.3, -0.25) is 0 Å². The first-order valence-electron chi connectivity index (χ1n) is 12.3. The minimum atomic E-state index is -0.443. The molecular formula is C33H20O2S4. The zero-order valence-corrected chi connectivity index (χ0v) is 23.8. The standard InChI is InChI=1S/C33H20O2S4/c1-20(23-8-6-14-29-31(23)38-27-12-4-2-10-25(27)36-29)33(34)35-22-18-16-21(17-19-22)24-9-7-15-30-32(24)39-28-13-5-3-11-26(28)37-30/h2-19H,1H2. The van der Waals surface area contributed by atoms with Gasteiger partial charge in [-0.2, -0.15) is 0 Å². The molecule has 2 heterocycles. The summed E-state index contributed by atoms with van der Waals surface area (Å²) in [6.07, 6.45) is 0. The largest absolute Gasteiger partial charge is 0.423 e. The van der Waals surface area contributed by atoms with E-state index in [1.807, 2.05) is 48.5 Å². The minimum absolute atomic E-state index is 0.354. The van der Waals surface area contributed by atoms with E-state index in [2.05, 4.69) is 67.2 Å². The van der Waals surface area contributed by atoms with E-state index in [0.717, 1.165) is 20.9 Å². The van der Waals surface area contributed by atoms with E-state index in [4.69, 9.17) is 4.74 Å². The Balaban J connectivity index is 1.10. The number of ether oxygens (including phenoxy) is 1. The number of benzene rings is 5. The summed E-state index contributed by atoms with van der Waals surface area (Å²) in [5, 5.41) is 0. The second kappa shape index (κ2) is 10.4. The van der Waals surface area contributed by atoms with Gasteiger partial charge in [-0.1, -0.05) is 114 Å². The summed E-state index contributed by atoms with van der Waals surface area (Å²) < 4.78 is 5.78. The Morgan fingerprint density at radius 1 is 0.538 bits per heavy atom. The fourth-order valence-electron chi connectivity index (χ4n) is 4.54. The van der Waals surface area contributed by atoms with Gasteiger partial charge in [0.25, 0.3) is 0 Å². The molecule has 7 rings (SSSR count). The molecule has 5 aromatic carbocycles. The predicted octanol–water partition coefficient (Wildman–Crippen LogP) is 10.2. The Morgan fingerprint density at radius 2 is 1.05 bits per heavy atom. The summed E-state index contributed by atoms with van der Waals surface area (Å²) in [7, 11) is 0. The molecule has 0 amide bonds. The van der Waals surface area contributed by atoms with Gasteiger partial charge in [-0.15, -0.1) is 0 Å². The van der Waals surface area contributed by atoms with Crippen molar-refractivity contribution in [2.75, 3.05) is 0 Å². The first kappa shape index (κ1) is 24.7. The average Bonchev–Trinajstić information content (AvgIpc) is 2.98. The summed E-state index contributed by atoms with van der Waals surface area (Å²) in [5.41, 5.74) is 3.43. The molecule has 0 saturated heterocycles. The molecule has 0 saturated carbocycles. The van der Waals surface area contributed by atoms with Crippen LogP contribution < -0.4 is 4.74 Å². The van der Waals surface area contributed by atoms with E-state index in [1.54, 1.807) is 47.0 Å². The molecule has 39 heavy (non-hydrogen) atoms. The quantitative estimate of drug-likeness (QED) is 0.118. The van der Waals surface area contributed by atoms with Crippen LogP contribution in [0.4, 0.5) is 0 Å². The average molecular weight is 577 g/mol. The third-order valence-electron chi connectivity index (χ3n) is 6.47. The fraction of sp³-hybridized carbons (Fsp3) is 0. The van der Waals surface area contributed by atoms with E-state index in [9.17, 15) is 4.79 Å². The highest BCUT2D eigenvalue weighted by atomic mass is 32.2. The van der Waals surface area contributed by atoms with Gasteiger partial charge >= 0.3 is 5.97 Å². The molecule has 2 nitrogen and oxygen atoms in total. The van der Waals surface area contributed by atoms with Crippen LogP contribution in [0.15, 0.2) is 155 Å². The first-order valence-corrected chi connectivity index (χ1v) is 15.6. The molecule has 0 aromatic heterocycles. The first-order chi connectivity index (χ1) is 19.1. The maximum absolute atomic E-state index is 13.2.